The second-order valence-electron chi connectivity index (χ2n) is 5.71. The van der Waals surface area contributed by atoms with Crippen LogP contribution in [0.3, 0.4) is 0 Å². The molecule has 2 saturated heterocycles. The molecule has 0 bridgehead atoms. The van der Waals surface area contributed by atoms with Crippen LogP contribution in [0.5, 0.6) is 0 Å². The van der Waals surface area contributed by atoms with Crippen molar-refractivity contribution >= 4 is 23.6 Å². The van der Waals surface area contributed by atoms with E-state index in [1.165, 1.54) is 0 Å². The van der Waals surface area contributed by atoms with Crippen molar-refractivity contribution in [2.75, 3.05) is 50.5 Å². The van der Waals surface area contributed by atoms with Gasteiger partial charge < -0.3 is 19.9 Å². The number of piperidine rings is 1. The Morgan fingerprint density at radius 3 is 2.74 bits per heavy atom. The number of carbonyl (C=O) groups excluding carboxylic acids is 1. The number of rotatable bonds is 3. The van der Waals surface area contributed by atoms with Gasteiger partial charge in [0.1, 0.15) is 5.82 Å². The number of carbonyl (C=O) groups is 1. The third-order valence-corrected chi connectivity index (χ3v) is 4.81. The average molecular weight is 337 g/mol. The monoisotopic (exact) mass is 337 g/mol. The third kappa shape index (κ3) is 4.26. The van der Waals surface area contributed by atoms with Crippen molar-refractivity contribution in [2.45, 2.75) is 24.0 Å². The molecular weight excluding hydrogens is 314 g/mol. The summed E-state index contributed by atoms with van der Waals surface area (Å²) >= 11 is 1.55. The molecule has 8 heteroatoms. The van der Waals surface area contributed by atoms with Crippen LogP contribution in [0.15, 0.2) is 17.4 Å². The van der Waals surface area contributed by atoms with E-state index < -0.39 is 0 Å². The van der Waals surface area contributed by atoms with Gasteiger partial charge in [0.25, 0.3) is 0 Å². The van der Waals surface area contributed by atoms with Gasteiger partial charge in [-0.1, -0.05) is 11.8 Å². The number of ether oxygens (including phenoxy) is 1. The largest absolute Gasteiger partial charge is 0.378 e. The van der Waals surface area contributed by atoms with Crippen LogP contribution >= 0.6 is 11.8 Å². The van der Waals surface area contributed by atoms with E-state index in [2.05, 4.69) is 20.2 Å². The van der Waals surface area contributed by atoms with E-state index in [1.807, 2.05) is 17.2 Å². The minimum Gasteiger partial charge on any atom is -0.378 e. The number of anilines is 1. The molecule has 0 radical (unpaired) electrons. The smallest absolute Gasteiger partial charge is 0.317 e. The Kier molecular flexibility index (Phi) is 5.56. The standard InChI is InChI=1S/C15H23N5O2S/c1-23-14-16-5-2-13(18-14)19-6-3-12(4-7-19)17-15(21)20-8-10-22-11-9-20/h2,5,12H,3-4,6-11H2,1H3,(H,17,21). The molecule has 3 rings (SSSR count). The summed E-state index contributed by atoms with van der Waals surface area (Å²) < 4.78 is 5.28. The van der Waals surface area contributed by atoms with Gasteiger partial charge in [-0.15, -0.1) is 0 Å². The average Bonchev–Trinajstić information content (AvgIpc) is 2.63. The fourth-order valence-electron chi connectivity index (χ4n) is 2.89. The minimum atomic E-state index is 0.0402. The molecule has 0 spiro atoms. The minimum absolute atomic E-state index is 0.0402. The van der Waals surface area contributed by atoms with Crippen LogP contribution in [0.25, 0.3) is 0 Å². The molecule has 0 aromatic carbocycles. The number of aromatic nitrogens is 2. The van der Waals surface area contributed by atoms with Crippen molar-refractivity contribution in [1.29, 1.82) is 0 Å². The summed E-state index contributed by atoms with van der Waals surface area (Å²) in [5.41, 5.74) is 0. The SMILES string of the molecule is CSc1nccc(N2CCC(NC(=O)N3CCOCC3)CC2)n1. The molecule has 0 aliphatic carbocycles. The van der Waals surface area contributed by atoms with Crippen LogP contribution in [0.1, 0.15) is 12.8 Å². The molecule has 7 nitrogen and oxygen atoms in total. The van der Waals surface area contributed by atoms with Crippen LogP contribution in [0.2, 0.25) is 0 Å². The molecule has 2 fully saturated rings. The Bertz CT molecular complexity index is 530. The van der Waals surface area contributed by atoms with Crippen LogP contribution in [-0.2, 0) is 4.74 Å². The summed E-state index contributed by atoms with van der Waals surface area (Å²) in [6.45, 7) is 4.44. The van der Waals surface area contributed by atoms with Crippen LogP contribution in [0.4, 0.5) is 10.6 Å². The van der Waals surface area contributed by atoms with Crippen LogP contribution < -0.4 is 10.2 Å². The molecule has 0 unspecified atom stereocenters. The number of urea groups is 1. The van der Waals surface area contributed by atoms with Crippen molar-refractivity contribution in [1.82, 2.24) is 20.2 Å². The van der Waals surface area contributed by atoms with Gasteiger partial charge in [-0.05, 0) is 25.2 Å². The van der Waals surface area contributed by atoms with E-state index in [-0.39, 0.29) is 12.1 Å². The molecule has 0 saturated carbocycles. The number of hydrogen-bond donors (Lipinski definition) is 1. The highest BCUT2D eigenvalue weighted by molar-refractivity contribution is 7.98. The highest BCUT2D eigenvalue weighted by Crippen LogP contribution is 2.20. The Morgan fingerprint density at radius 1 is 1.30 bits per heavy atom. The van der Waals surface area contributed by atoms with Gasteiger partial charge in [0.15, 0.2) is 5.16 Å². The fraction of sp³-hybridized carbons (Fsp3) is 0.667. The third-order valence-electron chi connectivity index (χ3n) is 4.25. The van der Waals surface area contributed by atoms with Gasteiger partial charge >= 0.3 is 6.03 Å². The maximum Gasteiger partial charge on any atom is 0.317 e. The molecule has 2 aliphatic heterocycles. The first-order valence-electron chi connectivity index (χ1n) is 8.01. The second kappa shape index (κ2) is 7.83. The van der Waals surface area contributed by atoms with Crippen molar-refractivity contribution in [3.05, 3.63) is 12.3 Å². The Hall–Kier alpha value is -1.54. The van der Waals surface area contributed by atoms with Gasteiger partial charge in [-0.3, -0.25) is 0 Å². The van der Waals surface area contributed by atoms with E-state index in [0.29, 0.717) is 26.3 Å². The Labute approximate surface area is 140 Å². The van der Waals surface area contributed by atoms with E-state index in [4.69, 9.17) is 4.74 Å². The summed E-state index contributed by atoms with van der Waals surface area (Å²) in [5.74, 6) is 0.974. The molecule has 1 aromatic rings. The normalized spacial score (nSPS) is 19.7. The molecule has 3 heterocycles. The number of amides is 2. The summed E-state index contributed by atoms with van der Waals surface area (Å²) in [5, 5.41) is 3.95. The van der Waals surface area contributed by atoms with E-state index in [0.717, 1.165) is 36.9 Å². The van der Waals surface area contributed by atoms with Crippen molar-refractivity contribution < 1.29 is 9.53 Å². The summed E-state index contributed by atoms with van der Waals surface area (Å²) in [4.78, 5) is 25.1. The molecule has 23 heavy (non-hydrogen) atoms. The predicted molar refractivity (Wildman–Crippen MR) is 90.0 cm³/mol. The van der Waals surface area contributed by atoms with Gasteiger partial charge in [-0.25, -0.2) is 14.8 Å². The van der Waals surface area contributed by atoms with E-state index in [9.17, 15) is 4.79 Å². The zero-order valence-electron chi connectivity index (χ0n) is 13.4. The highest BCUT2D eigenvalue weighted by atomic mass is 32.2. The predicted octanol–water partition coefficient (Wildman–Crippen LogP) is 1.21. The maximum absolute atomic E-state index is 12.2. The molecule has 1 N–H and O–H groups in total. The number of hydrogen-bond acceptors (Lipinski definition) is 6. The molecule has 2 aliphatic rings. The van der Waals surface area contributed by atoms with Gasteiger partial charge in [0.2, 0.25) is 0 Å². The quantitative estimate of drug-likeness (QED) is 0.660. The van der Waals surface area contributed by atoms with E-state index >= 15 is 0 Å². The number of thioether (sulfide) groups is 1. The molecule has 0 atom stereocenters. The first-order chi connectivity index (χ1) is 11.3. The first kappa shape index (κ1) is 16.3. The number of nitrogens with zero attached hydrogens (tertiary/aromatic N) is 4. The zero-order valence-corrected chi connectivity index (χ0v) is 14.2. The lowest BCUT2D eigenvalue weighted by molar-refractivity contribution is 0.0523. The lowest BCUT2D eigenvalue weighted by Gasteiger charge is -2.35. The van der Waals surface area contributed by atoms with Crippen LogP contribution in [0, 0.1) is 0 Å². The summed E-state index contributed by atoms with van der Waals surface area (Å²) in [6.07, 6.45) is 5.66. The molecule has 2 amide bonds. The zero-order chi connectivity index (χ0) is 16.1. The fourth-order valence-corrected chi connectivity index (χ4v) is 3.24. The Balaban J connectivity index is 1.49. The van der Waals surface area contributed by atoms with Gasteiger partial charge in [-0.2, -0.15) is 0 Å². The molecule has 126 valence electrons. The van der Waals surface area contributed by atoms with Gasteiger partial charge in [0.05, 0.1) is 13.2 Å². The topological polar surface area (TPSA) is 70.6 Å². The first-order valence-corrected chi connectivity index (χ1v) is 9.24. The number of nitrogens with one attached hydrogen (secondary N) is 1. The second-order valence-corrected chi connectivity index (χ2v) is 6.49. The maximum atomic E-state index is 12.2. The summed E-state index contributed by atoms with van der Waals surface area (Å²) in [6, 6.07) is 2.23. The van der Waals surface area contributed by atoms with Crippen molar-refractivity contribution in [2.24, 2.45) is 0 Å². The lowest BCUT2D eigenvalue weighted by Crippen LogP contribution is -2.52. The molecule has 1 aromatic heterocycles. The lowest BCUT2D eigenvalue weighted by atomic mass is 10.1. The van der Waals surface area contributed by atoms with Crippen molar-refractivity contribution in [3.63, 3.8) is 0 Å². The summed E-state index contributed by atoms with van der Waals surface area (Å²) in [7, 11) is 0. The van der Waals surface area contributed by atoms with Gasteiger partial charge in [0, 0.05) is 38.4 Å². The molecular formula is C15H23N5O2S. The van der Waals surface area contributed by atoms with E-state index in [1.54, 1.807) is 18.0 Å². The van der Waals surface area contributed by atoms with Crippen LogP contribution in [-0.4, -0.2) is 72.6 Å². The Morgan fingerprint density at radius 2 is 2.04 bits per heavy atom. The van der Waals surface area contributed by atoms with Crippen molar-refractivity contribution in [3.8, 4) is 0 Å². The highest BCUT2D eigenvalue weighted by Gasteiger charge is 2.24. The number of morpholine rings is 1.